The molecule has 0 saturated carbocycles. The Bertz CT molecular complexity index is 627. The van der Waals surface area contributed by atoms with Gasteiger partial charge in [0.15, 0.2) is 5.78 Å². The van der Waals surface area contributed by atoms with Crippen LogP contribution in [-0.4, -0.2) is 18.0 Å². The first kappa shape index (κ1) is 13.9. The number of methoxy groups -OCH3 is 1. The molecule has 0 bridgehead atoms. The zero-order chi connectivity index (χ0) is 14.5. The van der Waals surface area contributed by atoms with Gasteiger partial charge >= 0.3 is 0 Å². The summed E-state index contributed by atoms with van der Waals surface area (Å²) in [5.41, 5.74) is 2.06. The quantitative estimate of drug-likeness (QED) is 0.669. The highest BCUT2D eigenvalue weighted by molar-refractivity contribution is 6.05. The van der Waals surface area contributed by atoms with Crippen LogP contribution in [0.25, 0.3) is 0 Å². The van der Waals surface area contributed by atoms with Gasteiger partial charge in [0.25, 0.3) is 0 Å². The third-order valence-electron chi connectivity index (χ3n) is 2.67. The molecule has 0 radical (unpaired) electrons. The van der Waals surface area contributed by atoms with Crippen molar-refractivity contribution in [2.75, 3.05) is 12.4 Å². The first-order valence-corrected chi connectivity index (χ1v) is 6.15. The van der Waals surface area contributed by atoms with Gasteiger partial charge < -0.3 is 14.6 Å². The highest BCUT2D eigenvalue weighted by Gasteiger charge is 2.05. The molecule has 2 aromatic rings. The average Bonchev–Trinajstić information content (AvgIpc) is 2.84. The number of rotatable bonds is 5. The Morgan fingerprint density at radius 3 is 2.60 bits per heavy atom. The van der Waals surface area contributed by atoms with Gasteiger partial charge in [-0.05, 0) is 38.1 Å². The van der Waals surface area contributed by atoms with Crippen LogP contribution in [0.5, 0.6) is 5.75 Å². The van der Waals surface area contributed by atoms with Crippen molar-refractivity contribution >= 4 is 11.7 Å². The number of nitrogens with zero attached hydrogens (tertiary/aromatic N) is 1. The van der Waals surface area contributed by atoms with Crippen molar-refractivity contribution in [1.29, 1.82) is 0 Å². The van der Waals surface area contributed by atoms with Crippen LogP contribution in [0.15, 0.2) is 46.6 Å². The molecule has 1 heterocycles. The van der Waals surface area contributed by atoms with Gasteiger partial charge in [0.05, 0.1) is 12.8 Å². The van der Waals surface area contributed by atoms with Crippen LogP contribution in [0.2, 0.25) is 0 Å². The number of aromatic nitrogens is 1. The number of hydrogen-bond acceptors (Lipinski definition) is 5. The molecule has 1 N–H and O–H groups in total. The Morgan fingerprint density at radius 1 is 1.35 bits per heavy atom. The van der Waals surface area contributed by atoms with E-state index in [1.54, 1.807) is 44.4 Å². The lowest BCUT2D eigenvalue weighted by Gasteiger charge is -2.03. The van der Waals surface area contributed by atoms with Crippen LogP contribution < -0.4 is 10.1 Å². The van der Waals surface area contributed by atoms with Crippen LogP contribution in [0.4, 0.5) is 5.88 Å². The van der Waals surface area contributed by atoms with Crippen molar-refractivity contribution in [3.05, 3.63) is 53.4 Å². The maximum absolute atomic E-state index is 12.0. The normalized spacial score (nSPS) is 11.2. The van der Waals surface area contributed by atoms with E-state index in [0.717, 1.165) is 11.4 Å². The van der Waals surface area contributed by atoms with Crippen molar-refractivity contribution in [2.45, 2.75) is 13.8 Å². The highest BCUT2D eigenvalue weighted by Crippen LogP contribution is 2.14. The summed E-state index contributed by atoms with van der Waals surface area (Å²) >= 11 is 0. The van der Waals surface area contributed by atoms with Crippen molar-refractivity contribution < 1.29 is 14.1 Å². The van der Waals surface area contributed by atoms with E-state index in [1.165, 1.54) is 6.08 Å². The van der Waals surface area contributed by atoms with E-state index in [2.05, 4.69) is 10.5 Å². The van der Waals surface area contributed by atoms with Crippen molar-refractivity contribution in [2.24, 2.45) is 0 Å². The molecule has 2 rings (SSSR count). The maximum Gasteiger partial charge on any atom is 0.229 e. The first-order chi connectivity index (χ1) is 9.58. The summed E-state index contributed by atoms with van der Waals surface area (Å²) in [7, 11) is 1.59. The lowest BCUT2D eigenvalue weighted by atomic mass is 10.1. The molecule has 0 aliphatic carbocycles. The number of ketones is 1. The van der Waals surface area contributed by atoms with E-state index < -0.39 is 0 Å². The number of ether oxygens (including phenoxy) is 1. The second-order valence-electron chi connectivity index (χ2n) is 4.38. The van der Waals surface area contributed by atoms with Crippen molar-refractivity contribution in [3.63, 3.8) is 0 Å². The summed E-state index contributed by atoms with van der Waals surface area (Å²) < 4.78 is 10.1. The summed E-state index contributed by atoms with van der Waals surface area (Å²) in [4.78, 5) is 12.0. The second-order valence-corrected chi connectivity index (χ2v) is 4.38. The fourth-order valence-electron chi connectivity index (χ4n) is 1.69. The number of nitrogens with one attached hydrogen (secondary N) is 1. The molecule has 1 aromatic carbocycles. The predicted molar refractivity (Wildman–Crippen MR) is 75.9 cm³/mol. The maximum atomic E-state index is 12.0. The Kier molecular flexibility index (Phi) is 4.20. The summed E-state index contributed by atoms with van der Waals surface area (Å²) in [6.45, 7) is 3.62. The van der Waals surface area contributed by atoms with Gasteiger partial charge in [0, 0.05) is 23.4 Å². The van der Waals surface area contributed by atoms with E-state index in [9.17, 15) is 4.79 Å². The fraction of sp³-hybridized carbons (Fsp3) is 0.200. The number of benzene rings is 1. The van der Waals surface area contributed by atoms with E-state index in [-0.39, 0.29) is 5.78 Å². The number of carbonyl (C=O) groups is 1. The molecule has 1 aromatic heterocycles. The van der Waals surface area contributed by atoms with Crippen LogP contribution in [0.3, 0.4) is 0 Å². The molecule has 5 nitrogen and oxygen atoms in total. The molecule has 0 fully saturated rings. The van der Waals surface area contributed by atoms with Gasteiger partial charge in [-0.25, -0.2) is 0 Å². The van der Waals surface area contributed by atoms with Crippen LogP contribution in [0, 0.1) is 6.92 Å². The lowest BCUT2D eigenvalue weighted by Crippen LogP contribution is -2.00. The van der Waals surface area contributed by atoms with E-state index in [0.29, 0.717) is 17.1 Å². The molecule has 0 spiro atoms. The number of carbonyl (C=O) groups excluding carboxylic acids is 1. The van der Waals surface area contributed by atoms with Crippen LogP contribution in [-0.2, 0) is 0 Å². The minimum atomic E-state index is -0.0890. The molecule has 104 valence electrons. The van der Waals surface area contributed by atoms with Gasteiger partial charge in [-0.2, -0.15) is 0 Å². The molecule has 0 atom stereocenters. The third kappa shape index (κ3) is 3.47. The monoisotopic (exact) mass is 272 g/mol. The smallest absolute Gasteiger partial charge is 0.229 e. The largest absolute Gasteiger partial charge is 0.497 e. The second kappa shape index (κ2) is 6.06. The Labute approximate surface area is 117 Å². The van der Waals surface area contributed by atoms with Crippen molar-refractivity contribution in [3.8, 4) is 5.75 Å². The van der Waals surface area contributed by atoms with Crippen LogP contribution in [0.1, 0.15) is 23.0 Å². The molecule has 0 amide bonds. The number of anilines is 1. The fourth-order valence-corrected chi connectivity index (χ4v) is 1.69. The lowest BCUT2D eigenvalue weighted by molar-refractivity contribution is 0.104. The molecule has 0 aliphatic heterocycles. The predicted octanol–water partition coefficient (Wildman–Crippen LogP) is 3.19. The standard InChI is InChI=1S/C15H16N2O3/c1-10(16-15-9-11(2)17-20-15)8-14(18)12-4-6-13(19-3)7-5-12/h4-9,16H,1-3H3/b10-8-. The van der Waals surface area contributed by atoms with E-state index >= 15 is 0 Å². The average molecular weight is 272 g/mol. The molecule has 0 saturated heterocycles. The highest BCUT2D eigenvalue weighted by atomic mass is 16.5. The number of aryl methyl sites for hydroxylation is 1. The minimum Gasteiger partial charge on any atom is -0.497 e. The Balaban J connectivity index is 2.06. The van der Waals surface area contributed by atoms with Gasteiger partial charge in [-0.1, -0.05) is 5.16 Å². The molecular weight excluding hydrogens is 256 g/mol. The third-order valence-corrected chi connectivity index (χ3v) is 2.67. The number of allylic oxidation sites excluding steroid dienone is 2. The topological polar surface area (TPSA) is 64.4 Å². The molecule has 0 unspecified atom stereocenters. The molecule has 5 heteroatoms. The van der Waals surface area contributed by atoms with Gasteiger partial charge in [-0.15, -0.1) is 0 Å². The van der Waals surface area contributed by atoms with E-state index in [4.69, 9.17) is 9.26 Å². The zero-order valence-corrected chi connectivity index (χ0v) is 11.6. The van der Waals surface area contributed by atoms with Gasteiger partial charge in [0.2, 0.25) is 5.88 Å². The zero-order valence-electron chi connectivity index (χ0n) is 11.6. The molecular formula is C15H16N2O3. The van der Waals surface area contributed by atoms with E-state index in [1.807, 2.05) is 6.92 Å². The Hall–Kier alpha value is -2.56. The van der Waals surface area contributed by atoms with Gasteiger partial charge in [-0.3, -0.25) is 4.79 Å². The summed E-state index contributed by atoms with van der Waals surface area (Å²) in [6, 6.07) is 8.72. The molecule has 0 aliphatic rings. The van der Waals surface area contributed by atoms with Crippen molar-refractivity contribution in [1.82, 2.24) is 5.16 Å². The minimum absolute atomic E-state index is 0.0890. The van der Waals surface area contributed by atoms with Gasteiger partial charge in [0.1, 0.15) is 5.75 Å². The molecule has 20 heavy (non-hydrogen) atoms. The Morgan fingerprint density at radius 2 is 2.05 bits per heavy atom. The summed E-state index contributed by atoms with van der Waals surface area (Å²) in [6.07, 6.45) is 1.51. The summed E-state index contributed by atoms with van der Waals surface area (Å²) in [5.74, 6) is 1.14. The number of hydrogen-bond donors (Lipinski definition) is 1. The summed E-state index contributed by atoms with van der Waals surface area (Å²) in [5, 5.41) is 6.73. The SMILES string of the molecule is COc1ccc(C(=O)/C=C(/C)Nc2cc(C)no2)cc1. The first-order valence-electron chi connectivity index (χ1n) is 6.15. The van der Waals surface area contributed by atoms with Crippen LogP contribution >= 0.6 is 0 Å².